The number of benzene rings is 3. The third-order valence-corrected chi connectivity index (χ3v) is 8.42. The van der Waals surface area contributed by atoms with Crippen molar-refractivity contribution in [1.82, 2.24) is 0 Å². The number of nitrogens with zero attached hydrogens (tertiary/aromatic N) is 1. The van der Waals surface area contributed by atoms with Crippen LogP contribution < -0.4 is 9.64 Å². The van der Waals surface area contributed by atoms with Crippen LogP contribution in [0.15, 0.2) is 72.8 Å². The van der Waals surface area contributed by atoms with Gasteiger partial charge in [-0.3, -0.25) is 14.4 Å². The van der Waals surface area contributed by atoms with Gasteiger partial charge in [0.25, 0.3) is 0 Å². The molecule has 1 saturated heterocycles. The van der Waals surface area contributed by atoms with E-state index in [-0.39, 0.29) is 17.3 Å². The first-order chi connectivity index (χ1) is 18.1. The molecule has 0 radical (unpaired) electrons. The van der Waals surface area contributed by atoms with Crippen molar-refractivity contribution < 1.29 is 19.1 Å². The van der Waals surface area contributed by atoms with Crippen LogP contribution in [0.25, 0.3) is 6.08 Å². The van der Waals surface area contributed by atoms with E-state index in [0.717, 1.165) is 22.4 Å². The molecule has 0 aromatic heterocycles. The van der Waals surface area contributed by atoms with Crippen molar-refractivity contribution in [2.24, 2.45) is 10.8 Å². The molecule has 6 rings (SSSR count). The van der Waals surface area contributed by atoms with E-state index in [1.807, 2.05) is 76.2 Å². The molecule has 1 fully saturated rings. The van der Waals surface area contributed by atoms with E-state index >= 15 is 0 Å². The van der Waals surface area contributed by atoms with Crippen LogP contribution in [-0.2, 0) is 4.79 Å². The first-order valence-corrected chi connectivity index (χ1v) is 13.0. The van der Waals surface area contributed by atoms with E-state index in [1.165, 1.54) is 0 Å². The minimum atomic E-state index is -1.49. The van der Waals surface area contributed by atoms with Crippen molar-refractivity contribution in [3.63, 3.8) is 0 Å². The number of ether oxygens (including phenoxy) is 1. The van der Waals surface area contributed by atoms with Crippen LogP contribution in [0, 0.1) is 17.8 Å². The van der Waals surface area contributed by atoms with Crippen molar-refractivity contribution in [1.29, 1.82) is 0 Å². The quantitative estimate of drug-likeness (QED) is 0.406. The Bertz CT molecular complexity index is 1510. The number of hydrogen-bond acceptors (Lipinski definition) is 5. The number of aryl methyl sites for hydroxylation is 1. The molecule has 2 aliphatic heterocycles. The molecular weight excluding hydrogens is 474 g/mol. The Labute approximate surface area is 223 Å². The summed E-state index contributed by atoms with van der Waals surface area (Å²) in [6.45, 7) is 7.74. The molecule has 1 spiro atoms. The monoisotopic (exact) mass is 505 g/mol. The van der Waals surface area contributed by atoms with E-state index in [2.05, 4.69) is 11.0 Å². The highest BCUT2D eigenvalue weighted by molar-refractivity contribution is 6.32. The van der Waals surface area contributed by atoms with Crippen LogP contribution >= 0.6 is 0 Å². The van der Waals surface area contributed by atoms with E-state index in [1.54, 1.807) is 31.4 Å². The topological polar surface area (TPSA) is 63.7 Å². The number of carbonyl (C=O) groups excluding carboxylic acids is 3. The minimum absolute atomic E-state index is 0.00873. The van der Waals surface area contributed by atoms with Gasteiger partial charge in [-0.25, -0.2) is 0 Å². The largest absolute Gasteiger partial charge is 0.497 e. The number of rotatable bonds is 3. The Morgan fingerprint density at radius 3 is 2.24 bits per heavy atom. The van der Waals surface area contributed by atoms with Crippen molar-refractivity contribution >= 4 is 29.1 Å². The summed E-state index contributed by atoms with van der Waals surface area (Å²) in [5.74, 6) is -0.536. The summed E-state index contributed by atoms with van der Waals surface area (Å²) in [4.78, 5) is 45.7. The lowest BCUT2D eigenvalue weighted by molar-refractivity contribution is -0.127. The lowest BCUT2D eigenvalue weighted by atomic mass is 9.63. The molecule has 1 aliphatic carbocycles. The molecule has 3 aromatic rings. The first-order valence-electron chi connectivity index (χ1n) is 13.0. The number of anilines is 1. The Hall–Kier alpha value is -3.99. The lowest BCUT2D eigenvalue weighted by Crippen LogP contribution is -2.49. The number of methoxy groups -OCH3 is 1. The summed E-state index contributed by atoms with van der Waals surface area (Å²) in [7, 11) is 1.59. The highest BCUT2D eigenvalue weighted by Crippen LogP contribution is 2.61. The summed E-state index contributed by atoms with van der Waals surface area (Å²) in [6.07, 6.45) is 3.97. The molecule has 0 unspecified atom stereocenters. The van der Waals surface area contributed by atoms with Crippen LogP contribution in [-0.4, -0.2) is 36.5 Å². The fourth-order valence-electron chi connectivity index (χ4n) is 6.75. The molecule has 5 nitrogen and oxygen atoms in total. The molecule has 192 valence electrons. The molecule has 5 heteroatoms. The van der Waals surface area contributed by atoms with Gasteiger partial charge in [-0.15, -0.1) is 0 Å². The molecule has 3 aliphatic rings. The second kappa shape index (κ2) is 8.26. The first kappa shape index (κ1) is 24.4. The molecule has 3 atom stereocenters. The van der Waals surface area contributed by atoms with E-state index < -0.39 is 28.8 Å². The predicted molar refractivity (Wildman–Crippen MR) is 148 cm³/mol. The molecule has 2 heterocycles. The van der Waals surface area contributed by atoms with E-state index in [4.69, 9.17) is 4.74 Å². The normalized spacial score (nSPS) is 22.9. The average molecular weight is 506 g/mol. The number of hydrogen-bond donors (Lipinski definition) is 0. The summed E-state index contributed by atoms with van der Waals surface area (Å²) >= 11 is 0. The van der Waals surface area contributed by atoms with Crippen molar-refractivity contribution in [2.75, 3.05) is 12.0 Å². The van der Waals surface area contributed by atoms with Crippen LogP contribution in [0.2, 0.25) is 0 Å². The minimum Gasteiger partial charge on any atom is -0.497 e. The van der Waals surface area contributed by atoms with Gasteiger partial charge in [0, 0.05) is 28.1 Å². The number of fused-ring (bicyclic) bond motifs is 5. The molecule has 0 amide bonds. The SMILES string of the molecule is COc1cccc([C@H]2[C@H](C(=O)C(C)(C)C)N3c4ccc(C)cc4C=C[C@H]3C23C(=O)c2ccccc2C3=O)c1. The maximum absolute atomic E-state index is 14.6. The molecule has 0 N–H and O–H groups in total. The van der Waals surface area contributed by atoms with Gasteiger partial charge in [-0.2, -0.15) is 0 Å². The number of carbonyl (C=O) groups is 3. The Morgan fingerprint density at radius 2 is 1.61 bits per heavy atom. The highest BCUT2D eigenvalue weighted by atomic mass is 16.5. The van der Waals surface area contributed by atoms with Crippen molar-refractivity contribution in [2.45, 2.75) is 45.7 Å². The zero-order valence-electron chi connectivity index (χ0n) is 22.3. The second-order valence-corrected chi connectivity index (χ2v) is 11.7. The van der Waals surface area contributed by atoms with Gasteiger partial charge < -0.3 is 9.64 Å². The molecule has 0 bridgehead atoms. The zero-order valence-corrected chi connectivity index (χ0v) is 22.3. The number of Topliss-reactive ketones (excluding diaryl/α,β-unsaturated/α-hetero) is 3. The summed E-state index contributed by atoms with van der Waals surface area (Å²) in [5.41, 5.74) is 2.36. The molecular formula is C33H31NO4. The summed E-state index contributed by atoms with van der Waals surface area (Å²) < 4.78 is 5.55. The lowest BCUT2D eigenvalue weighted by Gasteiger charge is -2.38. The summed E-state index contributed by atoms with van der Waals surface area (Å²) in [6, 6.07) is 19.3. The van der Waals surface area contributed by atoms with E-state index in [9.17, 15) is 14.4 Å². The van der Waals surface area contributed by atoms with Crippen LogP contribution in [0.5, 0.6) is 5.75 Å². The van der Waals surface area contributed by atoms with Crippen LogP contribution in [0.3, 0.4) is 0 Å². The van der Waals surface area contributed by atoms with Gasteiger partial charge in [0.2, 0.25) is 0 Å². The molecule has 38 heavy (non-hydrogen) atoms. The maximum Gasteiger partial charge on any atom is 0.180 e. The van der Waals surface area contributed by atoms with E-state index in [0.29, 0.717) is 16.9 Å². The Morgan fingerprint density at radius 1 is 0.921 bits per heavy atom. The molecule has 0 saturated carbocycles. The van der Waals surface area contributed by atoms with Crippen LogP contribution in [0.4, 0.5) is 5.69 Å². The van der Waals surface area contributed by atoms with Gasteiger partial charge >= 0.3 is 0 Å². The highest BCUT2D eigenvalue weighted by Gasteiger charge is 2.71. The van der Waals surface area contributed by atoms with Crippen LogP contribution in [0.1, 0.15) is 64.1 Å². The van der Waals surface area contributed by atoms with Gasteiger partial charge in [0.15, 0.2) is 17.3 Å². The maximum atomic E-state index is 14.6. The molecule has 3 aromatic carbocycles. The smallest absolute Gasteiger partial charge is 0.180 e. The third kappa shape index (κ3) is 3.14. The second-order valence-electron chi connectivity index (χ2n) is 11.7. The zero-order chi connectivity index (χ0) is 27.0. The fourth-order valence-corrected chi connectivity index (χ4v) is 6.75. The average Bonchev–Trinajstić information content (AvgIpc) is 3.33. The fraction of sp³-hybridized carbons (Fsp3) is 0.303. The standard InChI is InChI=1S/C33H31NO4/c1-19-13-15-25-20(17-19)14-16-26-33(29(35)23-11-6-7-12-24(23)30(33)36)27(21-9-8-10-22(18-21)38-5)28(34(25)26)31(37)32(2,3)4/h6-18,26-28H,1-5H3/t26-,27-,28+/m0/s1. The van der Waals surface area contributed by atoms with Crippen molar-refractivity contribution in [3.8, 4) is 5.75 Å². The Kier molecular flexibility index (Phi) is 5.29. The van der Waals surface area contributed by atoms with Gasteiger partial charge in [0.05, 0.1) is 19.2 Å². The van der Waals surface area contributed by atoms with Gasteiger partial charge in [0.1, 0.15) is 11.2 Å². The summed E-state index contributed by atoms with van der Waals surface area (Å²) in [5, 5.41) is 0. The van der Waals surface area contributed by atoms with Gasteiger partial charge in [-0.05, 0) is 42.3 Å². The Balaban J connectivity index is 1.70. The van der Waals surface area contributed by atoms with Gasteiger partial charge in [-0.1, -0.05) is 81.0 Å². The third-order valence-electron chi connectivity index (χ3n) is 8.42. The van der Waals surface area contributed by atoms with Crippen molar-refractivity contribution in [3.05, 3.63) is 101 Å². The predicted octanol–water partition coefficient (Wildman–Crippen LogP) is 6.05. The number of ketones is 3.